The largest absolute Gasteiger partial charge is 0.309 e. The van der Waals surface area contributed by atoms with Gasteiger partial charge in [-0.05, 0) is 77.7 Å². The highest BCUT2D eigenvalue weighted by atomic mass is 15.0. The molecular formula is C43H30N2. The number of fused-ring (bicyclic) bond motifs is 7. The number of benzene rings is 7. The van der Waals surface area contributed by atoms with E-state index in [1.54, 1.807) is 0 Å². The van der Waals surface area contributed by atoms with E-state index in [2.05, 4.69) is 180 Å². The van der Waals surface area contributed by atoms with Gasteiger partial charge in [-0.25, -0.2) is 0 Å². The van der Waals surface area contributed by atoms with Gasteiger partial charge in [0.25, 0.3) is 0 Å². The number of para-hydroxylation sites is 2. The van der Waals surface area contributed by atoms with Crippen LogP contribution in [0.25, 0.3) is 77.2 Å². The Morgan fingerprint density at radius 3 is 1.49 bits per heavy atom. The van der Waals surface area contributed by atoms with Crippen LogP contribution in [0, 0.1) is 6.92 Å². The molecule has 0 aliphatic rings. The van der Waals surface area contributed by atoms with Crippen molar-refractivity contribution in [3.05, 3.63) is 169 Å². The van der Waals surface area contributed by atoms with E-state index in [0.717, 1.165) is 5.69 Å². The third-order valence-corrected chi connectivity index (χ3v) is 9.16. The number of hydrogen-bond donors (Lipinski definition) is 0. The van der Waals surface area contributed by atoms with Gasteiger partial charge in [0, 0.05) is 32.9 Å². The molecular weight excluding hydrogens is 544 g/mol. The van der Waals surface area contributed by atoms with Gasteiger partial charge < -0.3 is 9.13 Å². The normalized spacial score (nSPS) is 11.7. The Bertz CT molecular complexity index is 2530. The van der Waals surface area contributed by atoms with Crippen molar-refractivity contribution in [3.63, 3.8) is 0 Å². The first kappa shape index (κ1) is 25.6. The molecule has 45 heavy (non-hydrogen) atoms. The van der Waals surface area contributed by atoms with Gasteiger partial charge in [0.05, 0.1) is 22.1 Å². The van der Waals surface area contributed by atoms with Crippen LogP contribution in [0.5, 0.6) is 0 Å². The maximum Gasteiger partial charge on any atom is 0.0548 e. The van der Waals surface area contributed by atoms with Gasteiger partial charge in [-0.15, -0.1) is 0 Å². The summed E-state index contributed by atoms with van der Waals surface area (Å²) >= 11 is 0. The van der Waals surface area contributed by atoms with E-state index in [-0.39, 0.29) is 0 Å². The topological polar surface area (TPSA) is 9.86 Å². The molecule has 0 N–H and O–H groups in total. The van der Waals surface area contributed by atoms with Gasteiger partial charge in [-0.3, -0.25) is 0 Å². The molecule has 2 heteroatoms. The molecule has 0 bridgehead atoms. The molecule has 0 atom stereocenters. The quantitative estimate of drug-likeness (QED) is 0.198. The molecule has 0 spiro atoms. The Hall–Kier alpha value is -5.86. The highest BCUT2D eigenvalue weighted by Gasteiger charge is 2.20. The number of aryl methyl sites for hydroxylation is 1. The van der Waals surface area contributed by atoms with Crippen molar-refractivity contribution in [2.24, 2.45) is 0 Å². The predicted octanol–water partition coefficient (Wildman–Crippen LogP) is 11.5. The summed E-state index contributed by atoms with van der Waals surface area (Å²) in [6.45, 7) is 2.15. The lowest BCUT2D eigenvalue weighted by Gasteiger charge is -2.11. The molecule has 9 rings (SSSR count). The van der Waals surface area contributed by atoms with Gasteiger partial charge in [-0.2, -0.15) is 0 Å². The summed E-state index contributed by atoms with van der Waals surface area (Å²) < 4.78 is 4.85. The van der Waals surface area contributed by atoms with Crippen LogP contribution in [0.1, 0.15) is 5.56 Å². The Morgan fingerprint density at radius 1 is 0.333 bits per heavy atom. The predicted molar refractivity (Wildman–Crippen MR) is 191 cm³/mol. The Balaban J connectivity index is 1.31. The summed E-state index contributed by atoms with van der Waals surface area (Å²) in [5, 5.41) is 5.11. The maximum atomic E-state index is 2.43. The van der Waals surface area contributed by atoms with Gasteiger partial charge in [0.1, 0.15) is 0 Å². The first-order chi connectivity index (χ1) is 22.2. The van der Waals surface area contributed by atoms with Gasteiger partial charge in [0.15, 0.2) is 0 Å². The van der Waals surface area contributed by atoms with Gasteiger partial charge >= 0.3 is 0 Å². The zero-order valence-corrected chi connectivity index (χ0v) is 25.0. The van der Waals surface area contributed by atoms with Crippen LogP contribution in [0.4, 0.5) is 0 Å². The lowest BCUT2D eigenvalue weighted by Crippen LogP contribution is -1.95. The van der Waals surface area contributed by atoms with Crippen LogP contribution < -0.4 is 0 Å². The Morgan fingerprint density at radius 2 is 0.844 bits per heavy atom. The molecule has 7 aromatic carbocycles. The van der Waals surface area contributed by atoms with Crippen molar-refractivity contribution in [2.75, 3.05) is 0 Å². The van der Waals surface area contributed by atoms with Crippen molar-refractivity contribution >= 4 is 43.6 Å². The fourth-order valence-electron chi connectivity index (χ4n) is 7.16. The van der Waals surface area contributed by atoms with Crippen molar-refractivity contribution in [1.82, 2.24) is 9.13 Å². The number of hydrogen-bond acceptors (Lipinski definition) is 0. The molecule has 0 unspecified atom stereocenters. The van der Waals surface area contributed by atoms with Crippen LogP contribution in [0.3, 0.4) is 0 Å². The highest BCUT2D eigenvalue weighted by molar-refractivity contribution is 6.28. The van der Waals surface area contributed by atoms with E-state index in [4.69, 9.17) is 0 Å². The van der Waals surface area contributed by atoms with E-state index in [1.165, 1.54) is 77.1 Å². The molecule has 0 aliphatic carbocycles. The first-order valence-electron chi connectivity index (χ1n) is 15.5. The standard InChI is InChI=1S/C43H30N2/c1-29-11-9-14-32(27-29)33-15-10-16-35(28-33)45-39-20-8-6-18-37(39)43-41(45)26-25-40-42(43)36-17-5-7-19-38(36)44(40)34-23-21-31(22-24-34)30-12-3-2-4-13-30/h2-28H,1H3. The van der Waals surface area contributed by atoms with E-state index in [1.807, 2.05) is 0 Å². The van der Waals surface area contributed by atoms with Crippen LogP contribution in [-0.4, -0.2) is 9.13 Å². The molecule has 0 aliphatic heterocycles. The molecule has 212 valence electrons. The number of rotatable bonds is 4. The van der Waals surface area contributed by atoms with Crippen molar-refractivity contribution in [3.8, 4) is 33.6 Å². The van der Waals surface area contributed by atoms with Gasteiger partial charge in [0.2, 0.25) is 0 Å². The molecule has 0 amide bonds. The minimum absolute atomic E-state index is 1.16. The smallest absolute Gasteiger partial charge is 0.0548 e. The molecule has 2 aromatic heterocycles. The zero-order valence-electron chi connectivity index (χ0n) is 25.0. The summed E-state index contributed by atoms with van der Waals surface area (Å²) in [6, 6.07) is 59.5. The van der Waals surface area contributed by atoms with Crippen molar-refractivity contribution in [1.29, 1.82) is 0 Å². The lowest BCUT2D eigenvalue weighted by molar-refractivity contribution is 1.17. The van der Waals surface area contributed by atoms with Gasteiger partial charge in [-0.1, -0.05) is 121 Å². The molecule has 0 fully saturated rings. The fraction of sp³-hybridized carbons (Fsp3) is 0.0233. The summed E-state index contributed by atoms with van der Waals surface area (Å²) in [5.74, 6) is 0. The second kappa shape index (κ2) is 10.1. The van der Waals surface area contributed by atoms with Crippen LogP contribution in [0.15, 0.2) is 164 Å². The van der Waals surface area contributed by atoms with Crippen LogP contribution in [-0.2, 0) is 0 Å². The molecule has 0 saturated carbocycles. The zero-order chi connectivity index (χ0) is 29.9. The summed E-state index contributed by atoms with van der Waals surface area (Å²) in [5.41, 5.74) is 13.4. The van der Waals surface area contributed by atoms with Crippen molar-refractivity contribution in [2.45, 2.75) is 6.92 Å². The molecule has 2 heterocycles. The molecule has 0 radical (unpaired) electrons. The minimum atomic E-state index is 1.16. The van der Waals surface area contributed by atoms with E-state index >= 15 is 0 Å². The molecule has 2 nitrogen and oxygen atoms in total. The van der Waals surface area contributed by atoms with E-state index < -0.39 is 0 Å². The third kappa shape index (κ3) is 4.03. The number of aromatic nitrogens is 2. The number of nitrogens with zero attached hydrogens (tertiary/aromatic N) is 2. The molecule has 0 saturated heterocycles. The minimum Gasteiger partial charge on any atom is -0.309 e. The SMILES string of the molecule is Cc1cccc(-c2cccc(-n3c4ccccc4c4c5c6ccccc6n(-c6ccc(-c7ccccc7)cc6)c5ccc43)c2)c1. The fourth-order valence-corrected chi connectivity index (χ4v) is 7.16. The lowest BCUT2D eigenvalue weighted by atomic mass is 10.0. The maximum absolute atomic E-state index is 2.43. The summed E-state index contributed by atoms with van der Waals surface area (Å²) in [6.07, 6.45) is 0. The molecule has 9 aromatic rings. The van der Waals surface area contributed by atoms with Crippen LogP contribution in [0.2, 0.25) is 0 Å². The first-order valence-corrected chi connectivity index (χ1v) is 15.5. The average Bonchev–Trinajstić information content (AvgIpc) is 3.62. The third-order valence-electron chi connectivity index (χ3n) is 9.16. The summed E-state index contributed by atoms with van der Waals surface area (Å²) in [7, 11) is 0. The van der Waals surface area contributed by atoms with Crippen molar-refractivity contribution < 1.29 is 0 Å². The summed E-state index contributed by atoms with van der Waals surface area (Å²) in [4.78, 5) is 0. The Labute approximate surface area is 262 Å². The van der Waals surface area contributed by atoms with E-state index in [0.29, 0.717) is 0 Å². The average molecular weight is 575 g/mol. The van der Waals surface area contributed by atoms with Crippen LogP contribution >= 0.6 is 0 Å². The monoisotopic (exact) mass is 574 g/mol. The van der Waals surface area contributed by atoms with E-state index in [9.17, 15) is 0 Å². The Kier molecular flexibility index (Phi) is 5.76. The second-order valence-corrected chi connectivity index (χ2v) is 11.9. The highest BCUT2D eigenvalue weighted by Crippen LogP contribution is 2.42. The second-order valence-electron chi connectivity index (χ2n) is 11.9.